The number of para-hydroxylation sites is 1. The number of hydrogen-bond acceptors (Lipinski definition) is 6. The predicted molar refractivity (Wildman–Crippen MR) is 133 cm³/mol. The van der Waals surface area contributed by atoms with Crippen molar-refractivity contribution in [3.63, 3.8) is 0 Å². The van der Waals surface area contributed by atoms with Gasteiger partial charge in [0.1, 0.15) is 5.75 Å². The van der Waals surface area contributed by atoms with Crippen molar-refractivity contribution < 1.29 is 19.4 Å². The van der Waals surface area contributed by atoms with E-state index in [4.69, 9.17) is 4.74 Å². The van der Waals surface area contributed by atoms with Gasteiger partial charge in [0.05, 0.1) is 28.7 Å². The van der Waals surface area contributed by atoms with E-state index in [1.54, 1.807) is 23.1 Å². The van der Waals surface area contributed by atoms with Gasteiger partial charge in [-0.2, -0.15) is 0 Å². The molecule has 3 heterocycles. The monoisotopic (exact) mass is 477 g/mol. The second kappa shape index (κ2) is 9.87. The van der Waals surface area contributed by atoms with Crippen LogP contribution >= 0.6 is 11.3 Å². The Hall–Kier alpha value is -3.36. The minimum absolute atomic E-state index is 0.00338. The van der Waals surface area contributed by atoms with Crippen molar-refractivity contribution in [1.29, 1.82) is 0 Å². The number of carbonyl (C=O) groups is 2. The Morgan fingerprint density at radius 2 is 1.41 bits per heavy atom. The van der Waals surface area contributed by atoms with Crippen LogP contribution in [0.3, 0.4) is 0 Å². The van der Waals surface area contributed by atoms with E-state index < -0.39 is 0 Å². The van der Waals surface area contributed by atoms with Crippen molar-refractivity contribution in [2.75, 3.05) is 57.4 Å². The highest BCUT2D eigenvalue weighted by molar-refractivity contribution is 7.18. The molecule has 2 fully saturated rings. The van der Waals surface area contributed by atoms with Crippen molar-refractivity contribution >= 4 is 28.2 Å². The van der Waals surface area contributed by atoms with Gasteiger partial charge in [0.15, 0.2) is 0 Å². The summed E-state index contributed by atoms with van der Waals surface area (Å²) in [6.45, 7) is 4.78. The summed E-state index contributed by atoms with van der Waals surface area (Å²) >= 11 is 1.53. The molecule has 8 heteroatoms. The average molecular weight is 478 g/mol. The maximum absolute atomic E-state index is 13.4. The molecule has 1 aromatic heterocycles. The third kappa shape index (κ3) is 4.51. The fraction of sp³-hybridized carbons (Fsp3) is 0.308. The van der Waals surface area contributed by atoms with Gasteiger partial charge in [-0.25, -0.2) is 0 Å². The molecule has 2 aliphatic rings. The SMILES string of the molecule is O=C(c1cc(-c2ccccc2)c(N2CCOCC2)s1)N1CCN(C(=O)c2ccccc2O)CC1. The highest BCUT2D eigenvalue weighted by atomic mass is 32.1. The van der Waals surface area contributed by atoms with Gasteiger partial charge in [0.25, 0.3) is 11.8 Å². The second-order valence-electron chi connectivity index (χ2n) is 8.40. The normalized spacial score (nSPS) is 16.5. The molecule has 2 aromatic carbocycles. The number of amides is 2. The van der Waals surface area contributed by atoms with Gasteiger partial charge in [-0.15, -0.1) is 11.3 Å². The van der Waals surface area contributed by atoms with Gasteiger partial charge in [-0.1, -0.05) is 42.5 Å². The molecule has 0 unspecified atom stereocenters. The van der Waals surface area contributed by atoms with Gasteiger partial charge in [-0.3, -0.25) is 9.59 Å². The lowest BCUT2D eigenvalue weighted by atomic mass is 10.1. The van der Waals surface area contributed by atoms with Crippen LogP contribution in [0.1, 0.15) is 20.0 Å². The molecule has 0 aliphatic carbocycles. The number of hydrogen-bond donors (Lipinski definition) is 1. The highest BCUT2D eigenvalue weighted by Crippen LogP contribution is 2.40. The fourth-order valence-electron chi connectivity index (χ4n) is 4.41. The quantitative estimate of drug-likeness (QED) is 0.622. The molecule has 176 valence electrons. The molecule has 1 N–H and O–H groups in total. The van der Waals surface area contributed by atoms with Crippen LogP contribution in [0.25, 0.3) is 11.1 Å². The van der Waals surface area contributed by atoms with E-state index in [0.29, 0.717) is 49.8 Å². The Kier molecular flexibility index (Phi) is 6.51. The molecule has 3 aromatic rings. The van der Waals surface area contributed by atoms with Gasteiger partial charge in [-0.05, 0) is 23.8 Å². The lowest BCUT2D eigenvalue weighted by Gasteiger charge is -2.34. The zero-order chi connectivity index (χ0) is 23.5. The smallest absolute Gasteiger partial charge is 0.264 e. The van der Waals surface area contributed by atoms with Gasteiger partial charge >= 0.3 is 0 Å². The topological polar surface area (TPSA) is 73.3 Å². The summed E-state index contributed by atoms with van der Waals surface area (Å²) in [4.78, 5) is 32.8. The highest BCUT2D eigenvalue weighted by Gasteiger charge is 2.29. The van der Waals surface area contributed by atoms with Crippen LogP contribution < -0.4 is 4.90 Å². The number of benzene rings is 2. The van der Waals surface area contributed by atoms with E-state index in [9.17, 15) is 14.7 Å². The van der Waals surface area contributed by atoms with Crippen molar-refractivity contribution in [2.24, 2.45) is 0 Å². The minimum atomic E-state index is -0.206. The van der Waals surface area contributed by atoms with Gasteiger partial charge in [0.2, 0.25) is 0 Å². The van der Waals surface area contributed by atoms with E-state index in [0.717, 1.165) is 29.2 Å². The molecule has 2 saturated heterocycles. The first kappa shape index (κ1) is 22.4. The zero-order valence-electron chi connectivity index (χ0n) is 18.9. The number of aromatic hydroxyl groups is 1. The number of rotatable bonds is 4. The maximum Gasteiger partial charge on any atom is 0.264 e. The Morgan fingerprint density at radius 3 is 2.09 bits per heavy atom. The Bertz CT molecular complexity index is 1170. The van der Waals surface area contributed by atoms with Crippen molar-refractivity contribution in [1.82, 2.24) is 9.80 Å². The lowest BCUT2D eigenvalue weighted by Crippen LogP contribution is -2.50. The molecule has 0 bridgehead atoms. The number of ether oxygens (including phenoxy) is 1. The molecule has 0 saturated carbocycles. The van der Waals surface area contributed by atoms with Crippen LogP contribution in [0.5, 0.6) is 5.75 Å². The number of morpholine rings is 1. The van der Waals surface area contributed by atoms with Crippen LogP contribution in [-0.4, -0.2) is 79.2 Å². The molecule has 34 heavy (non-hydrogen) atoms. The summed E-state index contributed by atoms with van der Waals surface area (Å²) in [5, 5.41) is 11.1. The molecule has 0 radical (unpaired) electrons. The molecule has 5 rings (SSSR count). The predicted octanol–water partition coefficient (Wildman–Crippen LogP) is 3.56. The van der Waals surface area contributed by atoms with Crippen LogP contribution in [-0.2, 0) is 4.74 Å². The third-order valence-corrected chi connectivity index (χ3v) is 7.48. The first-order valence-electron chi connectivity index (χ1n) is 11.5. The van der Waals surface area contributed by atoms with E-state index in [1.807, 2.05) is 29.2 Å². The molecular formula is C26H27N3O4S. The maximum atomic E-state index is 13.4. The molecule has 2 aliphatic heterocycles. The van der Waals surface area contributed by atoms with E-state index >= 15 is 0 Å². The average Bonchev–Trinajstić information content (AvgIpc) is 3.35. The standard InChI is InChI=1S/C26H27N3O4S/c30-22-9-5-4-8-20(22)24(31)27-10-12-28(13-11-27)25(32)23-18-21(19-6-2-1-3-7-19)26(34-23)29-14-16-33-17-15-29/h1-9,18,30H,10-17H2. The zero-order valence-corrected chi connectivity index (χ0v) is 19.7. The molecule has 2 amide bonds. The Morgan fingerprint density at radius 1 is 0.794 bits per heavy atom. The summed E-state index contributed by atoms with van der Waals surface area (Å²) in [5.74, 6) is -0.229. The summed E-state index contributed by atoms with van der Waals surface area (Å²) in [5.41, 5.74) is 2.46. The lowest BCUT2D eigenvalue weighted by molar-refractivity contribution is 0.0536. The summed E-state index contributed by atoms with van der Waals surface area (Å²) in [6.07, 6.45) is 0. The first-order valence-corrected chi connectivity index (χ1v) is 12.3. The summed E-state index contributed by atoms with van der Waals surface area (Å²) in [7, 11) is 0. The molecular weight excluding hydrogens is 450 g/mol. The number of thiophene rings is 1. The third-order valence-electron chi connectivity index (χ3n) is 6.29. The summed E-state index contributed by atoms with van der Waals surface area (Å²) in [6, 6.07) is 18.7. The van der Waals surface area contributed by atoms with E-state index in [2.05, 4.69) is 17.0 Å². The van der Waals surface area contributed by atoms with Crippen molar-refractivity contribution in [3.8, 4) is 16.9 Å². The Labute approximate surface area is 202 Å². The number of phenolic OH excluding ortho intramolecular Hbond substituents is 1. The van der Waals surface area contributed by atoms with Gasteiger partial charge in [0, 0.05) is 44.8 Å². The number of nitrogens with zero attached hydrogens (tertiary/aromatic N) is 3. The number of carbonyl (C=O) groups excluding carboxylic acids is 2. The second-order valence-corrected chi connectivity index (χ2v) is 9.43. The largest absolute Gasteiger partial charge is 0.507 e. The molecule has 7 nitrogen and oxygen atoms in total. The molecule has 0 atom stereocenters. The minimum Gasteiger partial charge on any atom is -0.507 e. The van der Waals surface area contributed by atoms with Crippen LogP contribution in [0, 0.1) is 0 Å². The first-order chi connectivity index (χ1) is 16.6. The van der Waals surface area contributed by atoms with Crippen LogP contribution in [0.15, 0.2) is 60.7 Å². The van der Waals surface area contributed by atoms with Crippen LogP contribution in [0.4, 0.5) is 5.00 Å². The van der Waals surface area contributed by atoms with E-state index in [1.165, 1.54) is 17.4 Å². The number of anilines is 1. The fourth-order valence-corrected chi connectivity index (χ4v) is 5.61. The molecule has 0 spiro atoms. The number of phenols is 1. The van der Waals surface area contributed by atoms with Crippen molar-refractivity contribution in [2.45, 2.75) is 0 Å². The Balaban J connectivity index is 1.32. The van der Waals surface area contributed by atoms with Gasteiger partial charge < -0.3 is 24.5 Å². The van der Waals surface area contributed by atoms with Crippen molar-refractivity contribution in [3.05, 3.63) is 71.1 Å². The van der Waals surface area contributed by atoms with Crippen LogP contribution in [0.2, 0.25) is 0 Å². The summed E-state index contributed by atoms with van der Waals surface area (Å²) < 4.78 is 5.52. The number of piperazine rings is 1. The van der Waals surface area contributed by atoms with E-state index in [-0.39, 0.29) is 17.6 Å².